The molecular formula is C9H17NO2. The first-order chi connectivity index (χ1) is 5.72. The van der Waals surface area contributed by atoms with Crippen LogP contribution in [0.1, 0.15) is 39.0 Å². The quantitative estimate of drug-likeness (QED) is 0.646. The molecule has 1 rings (SSSR count). The molecule has 1 saturated carbocycles. The number of hydrogen-bond donors (Lipinski definition) is 2. The van der Waals surface area contributed by atoms with Gasteiger partial charge in [0.15, 0.2) is 0 Å². The highest BCUT2D eigenvalue weighted by Gasteiger charge is 2.19. The minimum Gasteiger partial charge on any atom is -0.393 e. The van der Waals surface area contributed by atoms with Crippen LogP contribution in [-0.2, 0) is 4.79 Å². The molecule has 2 N–H and O–H groups in total. The lowest BCUT2D eigenvalue weighted by molar-refractivity contribution is -0.121. The fourth-order valence-electron chi connectivity index (χ4n) is 1.55. The summed E-state index contributed by atoms with van der Waals surface area (Å²) < 4.78 is 0. The topological polar surface area (TPSA) is 49.3 Å². The molecule has 3 nitrogen and oxygen atoms in total. The summed E-state index contributed by atoms with van der Waals surface area (Å²) in [5.41, 5.74) is 0. The molecule has 0 spiro atoms. The minimum atomic E-state index is -0.139. The van der Waals surface area contributed by atoms with Gasteiger partial charge < -0.3 is 10.4 Å². The van der Waals surface area contributed by atoms with Gasteiger partial charge in [0, 0.05) is 12.5 Å². The molecule has 1 amide bonds. The zero-order chi connectivity index (χ0) is 8.97. The van der Waals surface area contributed by atoms with Crippen molar-refractivity contribution in [2.45, 2.75) is 51.2 Å². The smallest absolute Gasteiger partial charge is 0.219 e. The Labute approximate surface area is 73.2 Å². The Bertz CT molecular complexity index is 151. The third-order valence-corrected chi connectivity index (χ3v) is 2.38. The van der Waals surface area contributed by atoms with Crippen LogP contribution in [-0.4, -0.2) is 23.2 Å². The van der Waals surface area contributed by atoms with Crippen molar-refractivity contribution >= 4 is 5.91 Å². The number of carbonyl (C=O) groups excluding carboxylic acids is 1. The van der Waals surface area contributed by atoms with Gasteiger partial charge in [0.05, 0.1) is 6.10 Å². The molecule has 0 heterocycles. The molecule has 0 saturated heterocycles. The zero-order valence-corrected chi connectivity index (χ0v) is 7.55. The van der Waals surface area contributed by atoms with Crippen molar-refractivity contribution in [3.05, 3.63) is 0 Å². The number of amides is 1. The maximum atomic E-state index is 11.0. The molecule has 70 valence electrons. The molecule has 3 heteroatoms. The van der Waals surface area contributed by atoms with Gasteiger partial charge in [0.2, 0.25) is 5.91 Å². The van der Waals surface area contributed by atoms with Crippen LogP contribution >= 0.6 is 0 Å². The molecule has 0 aliphatic heterocycles. The lowest BCUT2D eigenvalue weighted by atomic mass is 9.93. The van der Waals surface area contributed by atoms with Gasteiger partial charge in [-0.25, -0.2) is 0 Å². The van der Waals surface area contributed by atoms with Crippen molar-refractivity contribution in [2.24, 2.45) is 0 Å². The fraction of sp³-hybridized carbons (Fsp3) is 0.889. The number of carbonyl (C=O) groups is 1. The Morgan fingerprint density at radius 2 is 2.00 bits per heavy atom. The third-order valence-electron chi connectivity index (χ3n) is 2.38. The average Bonchev–Trinajstić information content (AvgIpc) is 2.09. The molecular weight excluding hydrogens is 154 g/mol. The highest BCUT2D eigenvalue weighted by atomic mass is 16.3. The summed E-state index contributed by atoms with van der Waals surface area (Å²) >= 11 is 0. The van der Waals surface area contributed by atoms with E-state index in [1.807, 2.05) is 6.92 Å². The van der Waals surface area contributed by atoms with E-state index in [9.17, 15) is 9.90 Å². The first-order valence-corrected chi connectivity index (χ1v) is 4.69. The summed E-state index contributed by atoms with van der Waals surface area (Å²) in [6, 6.07) is 0.306. The first kappa shape index (κ1) is 9.52. The molecule has 0 aromatic rings. The fourth-order valence-corrected chi connectivity index (χ4v) is 1.55. The van der Waals surface area contributed by atoms with Crippen molar-refractivity contribution in [1.29, 1.82) is 0 Å². The molecule has 0 unspecified atom stereocenters. The maximum Gasteiger partial charge on any atom is 0.219 e. The molecule has 0 bridgehead atoms. The number of aliphatic hydroxyl groups is 1. The SMILES string of the molecule is CCC(=O)N[C@H]1CC[C@H](O)CC1. The van der Waals surface area contributed by atoms with Crippen LogP contribution < -0.4 is 5.32 Å². The van der Waals surface area contributed by atoms with Gasteiger partial charge >= 0.3 is 0 Å². The summed E-state index contributed by atoms with van der Waals surface area (Å²) in [6.45, 7) is 1.85. The third kappa shape index (κ3) is 2.81. The van der Waals surface area contributed by atoms with Gasteiger partial charge in [-0.1, -0.05) is 6.92 Å². The molecule has 12 heavy (non-hydrogen) atoms. The van der Waals surface area contributed by atoms with E-state index in [2.05, 4.69) is 5.32 Å². The van der Waals surface area contributed by atoms with E-state index in [1.165, 1.54) is 0 Å². The molecule has 0 aromatic carbocycles. The standard InChI is InChI=1S/C9H17NO2/c1-2-9(12)10-7-3-5-8(11)6-4-7/h7-8,11H,2-6H2,1H3,(H,10,12)/t7-,8-. The summed E-state index contributed by atoms with van der Waals surface area (Å²) in [5.74, 6) is 0.122. The van der Waals surface area contributed by atoms with E-state index >= 15 is 0 Å². The predicted molar refractivity (Wildman–Crippen MR) is 46.7 cm³/mol. The van der Waals surface area contributed by atoms with E-state index < -0.39 is 0 Å². The van der Waals surface area contributed by atoms with Crippen molar-refractivity contribution in [3.8, 4) is 0 Å². The van der Waals surface area contributed by atoms with Crippen LogP contribution in [0.2, 0.25) is 0 Å². The summed E-state index contributed by atoms with van der Waals surface area (Å²) in [6.07, 6.45) is 3.92. The maximum absolute atomic E-state index is 11.0. The van der Waals surface area contributed by atoms with E-state index in [1.54, 1.807) is 0 Å². The predicted octanol–water partition coefficient (Wildman–Crippen LogP) is 0.816. The Morgan fingerprint density at radius 1 is 1.42 bits per heavy atom. The van der Waals surface area contributed by atoms with Crippen LogP contribution in [0.15, 0.2) is 0 Å². The second-order valence-corrected chi connectivity index (χ2v) is 3.43. The highest BCUT2D eigenvalue weighted by molar-refractivity contribution is 5.75. The molecule has 1 aliphatic rings. The Kier molecular flexibility index (Phi) is 3.53. The first-order valence-electron chi connectivity index (χ1n) is 4.69. The van der Waals surface area contributed by atoms with E-state index in [4.69, 9.17) is 0 Å². The van der Waals surface area contributed by atoms with Gasteiger partial charge in [-0.15, -0.1) is 0 Å². The van der Waals surface area contributed by atoms with Crippen molar-refractivity contribution < 1.29 is 9.90 Å². The molecule has 0 atom stereocenters. The number of nitrogens with one attached hydrogen (secondary N) is 1. The summed E-state index contributed by atoms with van der Waals surface area (Å²) in [5, 5.41) is 12.1. The van der Waals surface area contributed by atoms with Gasteiger partial charge in [0.25, 0.3) is 0 Å². The molecule has 0 radical (unpaired) electrons. The Balaban J connectivity index is 2.21. The second kappa shape index (κ2) is 4.45. The lowest BCUT2D eigenvalue weighted by Crippen LogP contribution is -2.38. The van der Waals surface area contributed by atoms with Crippen LogP contribution in [0.25, 0.3) is 0 Å². The molecule has 0 aromatic heterocycles. The summed E-state index contributed by atoms with van der Waals surface area (Å²) in [4.78, 5) is 11.0. The van der Waals surface area contributed by atoms with Crippen LogP contribution in [0, 0.1) is 0 Å². The Hall–Kier alpha value is -0.570. The van der Waals surface area contributed by atoms with Gasteiger partial charge in [0.1, 0.15) is 0 Å². The van der Waals surface area contributed by atoms with E-state index in [0.29, 0.717) is 12.5 Å². The van der Waals surface area contributed by atoms with E-state index in [0.717, 1.165) is 25.7 Å². The van der Waals surface area contributed by atoms with Gasteiger partial charge in [-0.3, -0.25) is 4.79 Å². The monoisotopic (exact) mass is 171 g/mol. The Morgan fingerprint density at radius 3 is 2.50 bits per heavy atom. The summed E-state index contributed by atoms with van der Waals surface area (Å²) in [7, 11) is 0. The number of rotatable bonds is 2. The zero-order valence-electron chi connectivity index (χ0n) is 7.55. The van der Waals surface area contributed by atoms with Crippen LogP contribution in [0.3, 0.4) is 0 Å². The number of hydrogen-bond acceptors (Lipinski definition) is 2. The van der Waals surface area contributed by atoms with E-state index in [-0.39, 0.29) is 12.0 Å². The highest BCUT2D eigenvalue weighted by Crippen LogP contribution is 2.18. The number of aliphatic hydroxyl groups excluding tert-OH is 1. The van der Waals surface area contributed by atoms with Crippen LogP contribution in [0.4, 0.5) is 0 Å². The second-order valence-electron chi connectivity index (χ2n) is 3.43. The van der Waals surface area contributed by atoms with Crippen molar-refractivity contribution in [3.63, 3.8) is 0 Å². The molecule has 1 fully saturated rings. The average molecular weight is 171 g/mol. The van der Waals surface area contributed by atoms with Crippen molar-refractivity contribution in [1.82, 2.24) is 5.32 Å². The van der Waals surface area contributed by atoms with Crippen molar-refractivity contribution in [2.75, 3.05) is 0 Å². The molecule has 1 aliphatic carbocycles. The normalized spacial score (nSPS) is 29.8. The minimum absolute atomic E-state index is 0.122. The largest absolute Gasteiger partial charge is 0.393 e. The van der Waals surface area contributed by atoms with Gasteiger partial charge in [-0.05, 0) is 25.7 Å². The van der Waals surface area contributed by atoms with Crippen LogP contribution in [0.5, 0.6) is 0 Å². The lowest BCUT2D eigenvalue weighted by Gasteiger charge is -2.25. The van der Waals surface area contributed by atoms with Gasteiger partial charge in [-0.2, -0.15) is 0 Å².